The van der Waals surface area contributed by atoms with Gasteiger partial charge in [0.2, 0.25) is 0 Å². The van der Waals surface area contributed by atoms with Crippen molar-refractivity contribution in [2.24, 2.45) is 11.8 Å². The van der Waals surface area contributed by atoms with E-state index in [4.69, 9.17) is 0 Å². The molecule has 0 saturated heterocycles. The summed E-state index contributed by atoms with van der Waals surface area (Å²) in [6.45, 7) is 6.42. The average Bonchev–Trinajstić information content (AvgIpc) is 2.01. The van der Waals surface area contributed by atoms with Crippen molar-refractivity contribution >= 4 is 17.7 Å². The Morgan fingerprint density at radius 1 is 1.57 bits per heavy atom. The minimum Gasteiger partial charge on any atom is -0.480 e. The molecule has 1 fully saturated rings. The molecule has 0 unspecified atom stereocenters. The minimum atomic E-state index is -0.604. The predicted octanol–water partition coefficient (Wildman–Crippen LogP) is 3.02. The Morgan fingerprint density at radius 3 is 2.50 bits per heavy atom. The number of thioether (sulfide) groups is 1. The lowest BCUT2D eigenvalue weighted by atomic mass is 9.73. The van der Waals surface area contributed by atoms with Gasteiger partial charge in [0, 0.05) is 0 Å². The summed E-state index contributed by atoms with van der Waals surface area (Å²) in [5.41, 5.74) is 0. The van der Waals surface area contributed by atoms with E-state index in [2.05, 4.69) is 20.8 Å². The molecule has 3 heteroatoms. The first-order chi connectivity index (χ1) is 6.50. The molecule has 0 aromatic heterocycles. The molecule has 0 aliphatic heterocycles. The summed E-state index contributed by atoms with van der Waals surface area (Å²) in [5, 5.41) is 9.19. The Morgan fingerprint density at radius 2 is 2.14 bits per heavy atom. The van der Waals surface area contributed by atoms with Crippen LogP contribution < -0.4 is 0 Å². The molecule has 1 aliphatic rings. The number of rotatable bonds is 5. The number of aliphatic carboxylic acids is 1. The highest BCUT2D eigenvalue weighted by molar-refractivity contribution is 8.01. The summed E-state index contributed by atoms with van der Waals surface area (Å²) in [6, 6.07) is 0. The van der Waals surface area contributed by atoms with Gasteiger partial charge in [-0.15, -0.1) is 11.8 Å². The topological polar surface area (TPSA) is 37.3 Å². The second-order valence-corrected chi connectivity index (χ2v) is 6.09. The van der Waals surface area contributed by atoms with E-state index in [1.807, 2.05) is 0 Å². The van der Waals surface area contributed by atoms with Crippen molar-refractivity contribution in [1.82, 2.24) is 0 Å². The van der Waals surface area contributed by atoms with Crippen molar-refractivity contribution in [2.45, 2.75) is 44.8 Å². The summed E-state index contributed by atoms with van der Waals surface area (Å²) < 4.78 is -0.440. The maximum absolute atomic E-state index is 11.2. The number of hydrogen-bond donors (Lipinski definition) is 1. The van der Waals surface area contributed by atoms with E-state index in [9.17, 15) is 9.90 Å². The van der Waals surface area contributed by atoms with Crippen molar-refractivity contribution in [1.29, 1.82) is 0 Å². The molecule has 1 aliphatic carbocycles. The molecule has 2 nitrogen and oxygen atoms in total. The van der Waals surface area contributed by atoms with Gasteiger partial charge in [-0.2, -0.15) is 0 Å². The first-order valence-corrected chi connectivity index (χ1v) is 6.36. The molecule has 82 valence electrons. The maximum Gasteiger partial charge on any atom is 0.319 e. The van der Waals surface area contributed by atoms with Crippen LogP contribution in [-0.4, -0.2) is 21.6 Å². The molecule has 0 heterocycles. The number of carboxylic acid groups (broad SMARTS) is 1. The van der Waals surface area contributed by atoms with Crippen LogP contribution in [0.25, 0.3) is 0 Å². The van der Waals surface area contributed by atoms with Crippen LogP contribution in [0.4, 0.5) is 0 Å². The lowest BCUT2D eigenvalue weighted by molar-refractivity contribution is -0.143. The zero-order valence-electron chi connectivity index (χ0n) is 9.25. The van der Waals surface area contributed by atoms with Gasteiger partial charge in [0.15, 0.2) is 0 Å². The van der Waals surface area contributed by atoms with E-state index in [0.717, 1.165) is 25.0 Å². The van der Waals surface area contributed by atoms with E-state index in [0.29, 0.717) is 11.8 Å². The number of carbonyl (C=O) groups is 1. The predicted molar refractivity (Wildman–Crippen MR) is 60.7 cm³/mol. The van der Waals surface area contributed by atoms with Crippen LogP contribution in [0.15, 0.2) is 0 Å². The Bertz CT molecular complexity index is 207. The molecule has 0 spiro atoms. The fourth-order valence-corrected chi connectivity index (χ4v) is 3.32. The highest BCUT2D eigenvalue weighted by Gasteiger charge is 2.49. The minimum absolute atomic E-state index is 0.440. The normalized spacial score (nSPS) is 31.6. The average molecular weight is 216 g/mol. The van der Waals surface area contributed by atoms with Crippen molar-refractivity contribution in [3.8, 4) is 0 Å². The van der Waals surface area contributed by atoms with Gasteiger partial charge in [-0.1, -0.05) is 27.2 Å². The van der Waals surface area contributed by atoms with Crippen molar-refractivity contribution in [3.63, 3.8) is 0 Å². The molecule has 0 aromatic rings. The molecule has 0 amide bonds. The van der Waals surface area contributed by atoms with E-state index in [1.54, 1.807) is 11.8 Å². The molecule has 14 heavy (non-hydrogen) atoms. The van der Waals surface area contributed by atoms with Crippen molar-refractivity contribution in [2.75, 3.05) is 5.75 Å². The first kappa shape index (κ1) is 11.9. The number of hydrogen-bond acceptors (Lipinski definition) is 2. The van der Waals surface area contributed by atoms with Gasteiger partial charge < -0.3 is 5.11 Å². The van der Waals surface area contributed by atoms with Crippen LogP contribution in [0.2, 0.25) is 0 Å². The Balaban J connectivity index is 2.46. The molecule has 1 N–H and O–H groups in total. The quantitative estimate of drug-likeness (QED) is 0.767. The van der Waals surface area contributed by atoms with Gasteiger partial charge in [0.05, 0.1) is 0 Å². The van der Waals surface area contributed by atoms with Crippen LogP contribution >= 0.6 is 11.8 Å². The van der Waals surface area contributed by atoms with Crippen LogP contribution in [0.1, 0.15) is 40.0 Å². The van der Waals surface area contributed by atoms with Gasteiger partial charge in [-0.3, -0.25) is 4.79 Å². The second kappa shape index (κ2) is 4.56. The SMILES string of the molecule is CCC1CC(SCC(C)C)(C(=O)O)C1. The van der Waals surface area contributed by atoms with Crippen LogP contribution in [0, 0.1) is 11.8 Å². The molecule has 0 atom stereocenters. The third-order valence-corrected chi connectivity index (χ3v) is 4.79. The lowest BCUT2D eigenvalue weighted by Gasteiger charge is -2.44. The van der Waals surface area contributed by atoms with E-state index in [1.165, 1.54) is 0 Å². The maximum atomic E-state index is 11.2. The Labute approximate surface area is 90.5 Å². The Kier molecular flexibility index (Phi) is 3.87. The monoisotopic (exact) mass is 216 g/mol. The van der Waals surface area contributed by atoms with E-state index in [-0.39, 0.29) is 0 Å². The van der Waals surface area contributed by atoms with Crippen molar-refractivity contribution < 1.29 is 9.90 Å². The molecular weight excluding hydrogens is 196 g/mol. The van der Waals surface area contributed by atoms with Crippen molar-refractivity contribution in [3.05, 3.63) is 0 Å². The molecular formula is C11H20O2S. The van der Waals surface area contributed by atoms with Gasteiger partial charge >= 0.3 is 5.97 Å². The summed E-state index contributed by atoms with van der Waals surface area (Å²) >= 11 is 1.65. The fraction of sp³-hybridized carbons (Fsp3) is 0.909. The molecule has 0 aromatic carbocycles. The summed E-state index contributed by atoms with van der Waals surface area (Å²) in [4.78, 5) is 11.2. The Hall–Kier alpha value is -0.180. The summed E-state index contributed by atoms with van der Waals surface area (Å²) in [6.07, 6.45) is 2.86. The zero-order valence-corrected chi connectivity index (χ0v) is 10.1. The molecule has 0 bridgehead atoms. The van der Waals surface area contributed by atoms with Crippen LogP contribution in [-0.2, 0) is 4.79 Å². The van der Waals surface area contributed by atoms with E-state index < -0.39 is 10.7 Å². The highest BCUT2D eigenvalue weighted by atomic mass is 32.2. The third-order valence-electron chi connectivity index (χ3n) is 2.90. The third kappa shape index (κ3) is 2.44. The second-order valence-electron chi connectivity index (χ2n) is 4.69. The van der Waals surface area contributed by atoms with Crippen LogP contribution in [0.3, 0.4) is 0 Å². The summed E-state index contributed by atoms with van der Waals surface area (Å²) in [7, 11) is 0. The summed E-state index contributed by atoms with van der Waals surface area (Å²) in [5.74, 6) is 1.58. The van der Waals surface area contributed by atoms with Gasteiger partial charge in [-0.25, -0.2) is 0 Å². The lowest BCUT2D eigenvalue weighted by Crippen LogP contribution is -2.48. The molecule has 1 rings (SSSR count). The largest absolute Gasteiger partial charge is 0.480 e. The standard InChI is InChI=1S/C11H20O2S/c1-4-9-5-11(6-9,10(12)13)14-7-8(2)3/h8-9H,4-7H2,1-3H3,(H,12,13). The number of carboxylic acids is 1. The van der Waals surface area contributed by atoms with Crippen LogP contribution in [0.5, 0.6) is 0 Å². The van der Waals surface area contributed by atoms with E-state index >= 15 is 0 Å². The molecule has 1 saturated carbocycles. The highest BCUT2D eigenvalue weighted by Crippen LogP contribution is 2.49. The molecule has 0 radical (unpaired) electrons. The van der Waals surface area contributed by atoms with Gasteiger partial charge in [-0.05, 0) is 30.4 Å². The first-order valence-electron chi connectivity index (χ1n) is 5.37. The zero-order chi connectivity index (χ0) is 10.8. The smallest absolute Gasteiger partial charge is 0.319 e. The fourth-order valence-electron chi connectivity index (χ4n) is 1.84. The van der Waals surface area contributed by atoms with Gasteiger partial charge in [0.25, 0.3) is 0 Å². The van der Waals surface area contributed by atoms with Gasteiger partial charge in [0.1, 0.15) is 4.75 Å².